The van der Waals surface area contributed by atoms with Crippen LogP contribution >= 0.6 is 0 Å². The molecule has 4 fully saturated rings. The maximum Gasteiger partial charge on any atom is 0.190 e. The van der Waals surface area contributed by atoms with Crippen molar-refractivity contribution in [1.29, 1.82) is 0 Å². The summed E-state index contributed by atoms with van der Waals surface area (Å²) in [5, 5.41) is 38.9. The van der Waals surface area contributed by atoms with Gasteiger partial charge in [-0.1, -0.05) is 13.8 Å². The Bertz CT molecular complexity index is 711. The Morgan fingerprint density at radius 3 is 2.42 bits per heavy atom. The third-order valence-electron chi connectivity index (χ3n) is 9.95. The lowest BCUT2D eigenvalue weighted by atomic mass is 9.44. The summed E-state index contributed by atoms with van der Waals surface area (Å²) < 4.78 is 0. The highest BCUT2D eigenvalue weighted by Gasteiger charge is 2.68. The normalized spacial score (nSPS) is 44.2. The first kappa shape index (κ1) is 26.7. The molecule has 0 radical (unpaired) electrons. The van der Waals surface area contributed by atoms with Gasteiger partial charge in [-0.2, -0.15) is 0 Å². The Balaban J connectivity index is 0.000000383. The van der Waals surface area contributed by atoms with E-state index in [0.717, 1.165) is 64.3 Å². The van der Waals surface area contributed by atoms with Crippen molar-refractivity contribution < 1.29 is 30.0 Å². The minimum absolute atomic E-state index is 0.0154. The van der Waals surface area contributed by atoms with Gasteiger partial charge < -0.3 is 26.2 Å². The van der Waals surface area contributed by atoms with Gasteiger partial charge in [0.15, 0.2) is 5.78 Å². The van der Waals surface area contributed by atoms with Crippen LogP contribution in [-0.4, -0.2) is 63.5 Å². The van der Waals surface area contributed by atoms with Gasteiger partial charge in [0.05, 0.1) is 6.10 Å². The average Bonchev–Trinajstić information content (AvgIpc) is 3.05. The van der Waals surface area contributed by atoms with Crippen molar-refractivity contribution in [3.05, 3.63) is 0 Å². The van der Waals surface area contributed by atoms with Gasteiger partial charge >= 0.3 is 0 Å². The molecule has 33 heavy (non-hydrogen) atoms. The topological polar surface area (TPSA) is 141 Å². The SMILES string of the molecule is C[C@]12CC[C@@H](O)C[C@H]1CC[C@@H]1[C@@H]2C(=O)C[C@@]2(C)[C@H]1CC[C@]2(O)C(=O)CO.NCCCCCO. The first-order chi connectivity index (χ1) is 15.6. The first-order valence-corrected chi connectivity index (χ1v) is 13.0. The number of aliphatic hydroxyl groups excluding tert-OH is 3. The maximum atomic E-state index is 13.4. The number of Topliss-reactive ketones (excluding diaryl/α,β-unsaturated/α-hetero) is 2. The minimum Gasteiger partial charge on any atom is -0.396 e. The smallest absolute Gasteiger partial charge is 0.190 e. The van der Waals surface area contributed by atoms with Crippen molar-refractivity contribution >= 4 is 11.6 Å². The van der Waals surface area contributed by atoms with Crippen molar-refractivity contribution in [3.8, 4) is 0 Å². The van der Waals surface area contributed by atoms with Crippen molar-refractivity contribution in [2.45, 2.75) is 96.2 Å². The van der Waals surface area contributed by atoms with Crippen molar-refractivity contribution in [3.63, 3.8) is 0 Å². The molecule has 4 aliphatic carbocycles. The van der Waals surface area contributed by atoms with E-state index in [0.29, 0.717) is 18.9 Å². The van der Waals surface area contributed by atoms with E-state index in [1.807, 2.05) is 6.92 Å². The van der Waals surface area contributed by atoms with E-state index in [4.69, 9.17) is 10.8 Å². The fourth-order valence-electron chi connectivity index (χ4n) is 8.08. The molecule has 190 valence electrons. The summed E-state index contributed by atoms with van der Waals surface area (Å²) in [5.41, 5.74) is 2.78. The van der Waals surface area contributed by atoms with Gasteiger partial charge in [-0.05, 0) is 93.9 Å². The number of fused-ring (bicyclic) bond motifs is 5. The minimum atomic E-state index is -1.58. The Morgan fingerprint density at radius 1 is 1.06 bits per heavy atom. The zero-order valence-corrected chi connectivity index (χ0v) is 20.5. The summed E-state index contributed by atoms with van der Waals surface area (Å²) in [6.45, 7) is 4.52. The van der Waals surface area contributed by atoms with Crippen LogP contribution in [0, 0.1) is 34.5 Å². The fourth-order valence-corrected chi connectivity index (χ4v) is 8.08. The van der Waals surface area contributed by atoms with E-state index in [9.17, 15) is 24.9 Å². The molecule has 0 heterocycles. The quantitative estimate of drug-likeness (QED) is 0.376. The molecule has 7 nitrogen and oxygen atoms in total. The molecule has 6 N–H and O–H groups in total. The van der Waals surface area contributed by atoms with Gasteiger partial charge in [-0.3, -0.25) is 9.59 Å². The molecule has 0 amide bonds. The highest BCUT2D eigenvalue weighted by Crippen LogP contribution is 2.67. The third-order valence-corrected chi connectivity index (χ3v) is 9.95. The molecule has 4 rings (SSSR count). The van der Waals surface area contributed by atoms with Crippen LogP contribution in [0.3, 0.4) is 0 Å². The van der Waals surface area contributed by atoms with E-state index in [-0.39, 0.29) is 41.5 Å². The third kappa shape index (κ3) is 4.56. The van der Waals surface area contributed by atoms with Crippen LogP contribution in [0.1, 0.15) is 84.5 Å². The zero-order chi connectivity index (χ0) is 24.4. The summed E-state index contributed by atoms with van der Waals surface area (Å²) in [6.07, 6.45) is 8.48. The van der Waals surface area contributed by atoms with Gasteiger partial charge in [0.25, 0.3) is 0 Å². The Hall–Kier alpha value is -0.860. The van der Waals surface area contributed by atoms with E-state index >= 15 is 0 Å². The highest BCUT2D eigenvalue weighted by atomic mass is 16.3. The summed E-state index contributed by atoms with van der Waals surface area (Å²) in [4.78, 5) is 25.7. The predicted octanol–water partition coefficient (Wildman–Crippen LogP) is 1.97. The van der Waals surface area contributed by atoms with E-state index < -0.39 is 23.4 Å². The summed E-state index contributed by atoms with van der Waals surface area (Å²) in [6, 6.07) is 0. The van der Waals surface area contributed by atoms with Gasteiger partial charge in [0, 0.05) is 24.4 Å². The van der Waals surface area contributed by atoms with Crippen LogP contribution in [0.15, 0.2) is 0 Å². The van der Waals surface area contributed by atoms with Gasteiger partial charge in [0.2, 0.25) is 0 Å². The van der Waals surface area contributed by atoms with Crippen LogP contribution in [0.25, 0.3) is 0 Å². The van der Waals surface area contributed by atoms with Crippen molar-refractivity contribution in [2.75, 3.05) is 19.8 Å². The fraction of sp³-hybridized carbons (Fsp3) is 0.923. The molecule has 4 saturated carbocycles. The molecule has 4 aliphatic rings. The Labute approximate surface area is 198 Å². The lowest BCUT2D eigenvalue weighted by Gasteiger charge is -2.60. The zero-order valence-electron chi connectivity index (χ0n) is 20.5. The Kier molecular flexibility index (Phi) is 8.43. The molecule has 0 aromatic rings. The van der Waals surface area contributed by atoms with Crippen LogP contribution in [-0.2, 0) is 9.59 Å². The van der Waals surface area contributed by atoms with E-state index in [1.165, 1.54) is 0 Å². The number of unbranched alkanes of at least 4 members (excludes halogenated alkanes) is 2. The molecular formula is C26H45NO6. The average molecular weight is 468 g/mol. The second-order valence-corrected chi connectivity index (χ2v) is 11.6. The number of nitrogens with two attached hydrogens (primary N) is 1. The molecule has 0 aromatic heterocycles. The molecule has 0 saturated heterocycles. The van der Waals surface area contributed by atoms with Crippen molar-refractivity contribution in [2.24, 2.45) is 40.2 Å². The van der Waals surface area contributed by atoms with Gasteiger partial charge in [-0.15, -0.1) is 0 Å². The first-order valence-electron chi connectivity index (χ1n) is 13.0. The maximum absolute atomic E-state index is 13.4. The largest absolute Gasteiger partial charge is 0.396 e. The Morgan fingerprint density at radius 2 is 1.79 bits per heavy atom. The number of carbonyl (C=O) groups is 2. The van der Waals surface area contributed by atoms with Crippen LogP contribution in [0.4, 0.5) is 0 Å². The summed E-state index contributed by atoms with van der Waals surface area (Å²) in [5.74, 6) is 0.380. The summed E-state index contributed by atoms with van der Waals surface area (Å²) >= 11 is 0. The second kappa shape index (κ2) is 10.4. The molecule has 7 heteroatoms. The lowest BCUT2D eigenvalue weighted by molar-refractivity contribution is -0.180. The van der Waals surface area contributed by atoms with E-state index in [1.54, 1.807) is 0 Å². The number of ketones is 2. The molecule has 0 spiro atoms. The van der Waals surface area contributed by atoms with Crippen LogP contribution in [0.2, 0.25) is 0 Å². The standard InChI is InChI=1S/C21H32O5.C5H13NO/c1-19-7-5-13(23)9-12(19)3-4-14-15-6-8-21(26,17(25)11-22)20(15,2)10-16(24)18(14)19;6-4-2-1-3-5-7/h12-15,18,22-23,26H,3-11H2,1-2H3;7H,1-6H2/t12-,13-,14+,15+,18-,19+,20+,21+;/m1./s1. The number of aliphatic hydroxyl groups is 4. The number of hydrogen-bond donors (Lipinski definition) is 5. The van der Waals surface area contributed by atoms with E-state index in [2.05, 4.69) is 6.92 Å². The molecule has 0 aliphatic heterocycles. The van der Waals surface area contributed by atoms with Crippen LogP contribution in [0.5, 0.6) is 0 Å². The molecule has 8 atom stereocenters. The predicted molar refractivity (Wildman–Crippen MR) is 125 cm³/mol. The molecule has 0 bridgehead atoms. The second-order valence-electron chi connectivity index (χ2n) is 11.6. The number of hydrogen-bond acceptors (Lipinski definition) is 7. The summed E-state index contributed by atoms with van der Waals surface area (Å²) in [7, 11) is 0. The molecule has 0 unspecified atom stereocenters. The van der Waals surface area contributed by atoms with Gasteiger partial charge in [-0.25, -0.2) is 0 Å². The lowest BCUT2D eigenvalue weighted by Crippen LogP contribution is -2.62. The molecule has 0 aromatic carbocycles. The van der Waals surface area contributed by atoms with Gasteiger partial charge in [0.1, 0.15) is 18.0 Å². The number of rotatable bonds is 6. The highest BCUT2D eigenvalue weighted by molar-refractivity contribution is 5.92. The number of carbonyl (C=O) groups excluding carboxylic acids is 2. The monoisotopic (exact) mass is 467 g/mol. The van der Waals surface area contributed by atoms with Crippen LogP contribution < -0.4 is 5.73 Å². The van der Waals surface area contributed by atoms with Crippen molar-refractivity contribution in [1.82, 2.24) is 0 Å². The molecular weight excluding hydrogens is 422 g/mol.